The Kier molecular flexibility index (Phi) is 7.04. The smallest absolute Gasteiger partial charge is 0.255 e. The molecule has 0 saturated heterocycles. The molecule has 0 aromatic heterocycles. The lowest BCUT2D eigenvalue weighted by Crippen LogP contribution is -2.13. The molecule has 3 rings (SSSR count). The minimum absolute atomic E-state index is 0.184. The monoisotopic (exact) mass is 467 g/mol. The Balaban J connectivity index is 1.59. The maximum absolute atomic E-state index is 12.3. The van der Waals surface area contributed by atoms with Crippen molar-refractivity contribution in [1.29, 1.82) is 0 Å². The number of halogens is 4. The third-order valence-electron chi connectivity index (χ3n) is 3.90. The van der Waals surface area contributed by atoms with Gasteiger partial charge in [-0.3, -0.25) is 9.59 Å². The zero-order valence-corrected chi connectivity index (χ0v) is 17.7. The number of amides is 1. The van der Waals surface area contributed by atoms with Crippen LogP contribution < -0.4 is 10.1 Å². The number of carbonyl (C=O) groups excluding carboxylic acids is 2. The number of hydrogen-bond donors (Lipinski definition) is 1. The van der Waals surface area contributed by atoms with E-state index in [0.29, 0.717) is 37.6 Å². The normalized spacial score (nSPS) is 10.5. The molecule has 3 aromatic carbocycles. The second-order valence-electron chi connectivity index (χ2n) is 5.94. The number of ketones is 1. The first kappa shape index (κ1) is 21.5. The highest BCUT2D eigenvalue weighted by Crippen LogP contribution is 2.24. The molecule has 0 radical (unpaired) electrons. The second kappa shape index (κ2) is 9.51. The van der Waals surface area contributed by atoms with E-state index in [0.717, 1.165) is 0 Å². The lowest BCUT2D eigenvalue weighted by molar-refractivity contribution is 0.0921. The first-order chi connectivity index (χ1) is 13.8. The van der Waals surface area contributed by atoms with Crippen LogP contribution >= 0.6 is 46.4 Å². The van der Waals surface area contributed by atoms with Crippen LogP contribution in [0, 0.1) is 0 Å². The highest BCUT2D eigenvalue weighted by Gasteiger charge is 2.12. The van der Waals surface area contributed by atoms with Gasteiger partial charge in [-0.1, -0.05) is 46.4 Å². The summed E-state index contributed by atoms with van der Waals surface area (Å²) in [5, 5.41) is 4.14. The number of rotatable bonds is 6. The third-order valence-corrected chi connectivity index (χ3v) is 5.18. The van der Waals surface area contributed by atoms with Crippen LogP contribution in [-0.4, -0.2) is 18.3 Å². The fourth-order valence-electron chi connectivity index (χ4n) is 2.42. The predicted octanol–water partition coefficient (Wildman–Crippen LogP) is 6.81. The Bertz CT molecular complexity index is 1070. The Labute approximate surface area is 187 Å². The van der Waals surface area contributed by atoms with E-state index in [2.05, 4.69) is 5.32 Å². The molecule has 148 valence electrons. The van der Waals surface area contributed by atoms with Crippen LogP contribution in [0.25, 0.3) is 0 Å². The number of Topliss-reactive ketones (excluding diaryl/α,β-unsaturated/α-hetero) is 1. The molecule has 0 unspecified atom stereocenters. The number of carbonyl (C=O) groups is 2. The lowest BCUT2D eigenvalue weighted by Gasteiger charge is -2.09. The van der Waals surface area contributed by atoms with Gasteiger partial charge in [0.2, 0.25) is 5.78 Å². The van der Waals surface area contributed by atoms with Crippen LogP contribution in [0.4, 0.5) is 5.69 Å². The van der Waals surface area contributed by atoms with Crippen molar-refractivity contribution >= 4 is 63.8 Å². The molecule has 0 atom stereocenters. The summed E-state index contributed by atoms with van der Waals surface area (Å²) in [6.45, 7) is -0.184. The number of benzene rings is 3. The number of nitrogens with one attached hydrogen (secondary N) is 1. The number of ether oxygens (including phenoxy) is 1. The van der Waals surface area contributed by atoms with E-state index in [1.165, 1.54) is 12.1 Å². The molecule has 0 spiro atoms. The van der Waals surface area contributed by atoms with Crippen molar-refractivity contribution in [2.45, 2.75) is 0 Å². The molecule has 3 aromatic rings. The molecule has 0 heterocycles. The van der Waals surface area contributed by atoms with Crippen molar-refractivity contribution < 1.29 is 14.3 Å². The summed E-state index contributed by atoms with van der Waals surface area (Å²) >= 11 is 23.6. The van der Waals surface area contributed by atoms with Gasteiger partial charge in [-0.25, -0.2) is 0 Å². The summed E-state index contributed by atoms with van der Waals surface area (Å²) < 4.78 is 5.49. The summed E-state index contributed by atoms with van der Waals surface area (Å²) in [6.07, 6.45) is 0. The van der Waals surface area contributed by atoms with Crippen molar-refractivity contribution in [3.63, 3.8) is 0 Å². The van der Waals surface area contributed by atoms with Crippen molar-refractivity contribution in [1.82, 2.24) is 0 Å². The number of hydrogen-bond acceptors (Lipinski definition) is 3. The van der Waals surface area contributed by atoms with E-state index in [-0.39, 0.29) is 23.3 Å². The summed E-state index contributed by atoms with van der Waals surface area (Å²) in [5.74, 6) is -0.135. The average Bonchev–Trinajstić information content (AvgIpc) is 2.69. The van der Waals surface area contributed by atoms with E-state index in [4.69, 9.17) is 51.1 Å². The fourth-order valence-corrected chi connectivity index (χ4v) is 3.23. The third kappa shape index (κ3) is 5.64. The van der Waals surface area contributed by atoms with Gasteiger partial charge in [-0.15, -0.1) is 0 Å². The topological polar surface area (TPSA) is 55.4 Å². The molecule has 1 amide bonds. The van der Waals surface area contributed by atoms with Gasteiger partial charge in [-0.05, 0) is 60.7 Å². The van der Waals surface area contributed by atoms with Crippen LogP contribution in [0.3, 0.4) is 0 Å². The standard InChI is InChI=1S/C21H13Cl4NO3/c22-13-2-7-16(18(24)10-13)20(27)11-29-15-5-3-14(4-6-15)26-21(28)12-1-8-17(23)19(25)9-12/h1-10H,11H2,(H,26,28). The lowest BCUT2D eigenvalue weighted by atomic mass is 10.1. The molecule has 0 bridgehead atoms. The Hall–Kier alpha value is -2.24. The van der Waals surface area contributed by atoms with E-state index in [9.17, 15) is 9.59 Å². The fraction of sp³-hybridized carbons (Fsp3) is 0.0476. The van der Waals surface area contributed by atoms with Gasteiger partial charge in [0.25, 0.3) is 5.91 Å². The van der Waals surface area contributed by atoms with Gasteiger partial charge in [-0.2, -0.15) is 0 Å². The van der Waals surface area contributed by atoms with Crippen molar-refractivity contribution in [3.8, 4) is 5.75 Å². The molecule has 0 aliphatic carbocycles. The maximum Gasteiger partial charge on any atom is 0.255 e. The van der Waals surface area contributed by atoms with Crippen molar-refractivity contribution in [2.75, 3.05) is 11.9 Å². The van der Waals surface area contributed by atoms with Crippen LogP contribution in [0.15, 0.2) is 60.7 Å². The minimum Gasteiger partial charge on any atom is -0.485 e. The zero-order valence-electron chi connectivity index (χ0n) is 14.7. The van der Waals surface area contributed by atoms with E-state index in [1.807, 2.05) is 0 Å². The molecule has 29 heavy (non-hydrogen) atoms. The van der Waals surface area contributed by atoms with Crippen LogP contribution in [0.1, 0.15) is 20.7 Å². The molecule has 0 aliphatic heterocycles. The molecule has 1 N–H and O–H groups in total. The van der Waals surface area contributed by atoms with Gasteiger partial charge in [0, 0.05) is 21.8 Å². The van der Waals surface area contributed by atoms with E-state index < -0.39 is 0 Å². The predicted molar refractivity (Wildman–Crippen MR) is 117 cm³/mol. The summed E-state index contributed by atoms with van der Waals surface area (Å²) in [4.78, 5) is 24.5. The molecule has 4 nitrogen and oxygen atoms in total. The molecule has 0 saturated carbocycles. The van der Waals surface area contributed by atoms with Gasteiger partial charge in [0.1, 0.15) is 5.75 Å². The quantitative estimate of drug-likeness (QED) is 0.404. The highest BCUT2D eigenvalue weighted by atomic mass is 35.5. The number of anilines is 1. The van der Waals surface area contributed by atoms with Crippen molar-refractivity contribution in [2.24, 2.45) is 0 Å². The summed E-state index contributed by atoms with van der Waals surface area (Å²) in [7, 11) is 0. The minimum atomic E-state index is -0.329. The Morgan fingerprint density at radius 1 is 0.793 bits per heavy atom. The Morgan fingerprint density at radius 3 is 2.17 bits per heavy atom. The van der Waals surface area contributed by atoms with Gasteiger partial charge in [0.05, 0.1) is 15.1 Å². The van der Waals surface area contributed by atoms with E-state index in [1.54, 1.807) is 48.5 Å². The average molecular weight is 469 g/mol. The van der Waals surface area contributed by atoms with Crippen LogP contribution in [0.5, 0.6) is 5.75 Å². The first-order valence-corrected chi connectivity index (χ1v) is 9.82. The van der Waals surface area contributed by atoms with Crippen molar-refractivity contribution in [3.05, 3.63) is 91.9 Å². The summed E-state index contributed by atoms with van der Waals surface area (Å²) in [5.41, 5.74) is 1.27. The maximum atomic E-state index is 12.3. The zero-order chi connectivity index (χ0) is 21.0. The molecule has 0 fully saturated rings. The van der Waals surface area contributed by atoms with Gasteiger partial charge >= 0.3 is 0 Å². The Morgan fingerprint density at radius 2 is 1.52 bits per heavy atom. The van der Waals surface area contributed by atoms with Crippen LogP contribution in [0.2, 0.25) is 20.1 Å². The van der Waals surface area contributed by atoms with Gasteiger partial charge < -0.3 is 10.1 Å². The van der Waals surface area contributed by atoms with Gasteiger partial charge in [0.15, 0.2) is 6.61 Å². The van der Waals surface area contributed by atoms with Crippen LogP contribution in [-0.2, 0) is 0 Å². The first-order valence-electron chi connectivity index (χ1n) is 8.31. The second-order valence-corrected chi connectivity index (χ2v) is 7.60. The molecular weight excluding hydrogens is 456 g/mol. The molecule has 0 aliphatic rings. The largest absolute Gasteiger partial charge is 0.485 e. The molecular formula is C21H13Cl4NO3. The summed E-state index contributed by atoms with van der Waals surface area (Å²) in [6, 6.07) is 15.9. The molecule has 8 heteroatoms. The SMILES string of the molecule is O=C(Nc1ccc(OCC(=O)c2ccc(Cl)cc2Cl)cc1)c1ccc(Cl)c(Cl)c1. The van der Waals surface area contributed by atoms with E-state index >= 15 is 0 Å². The highest BCUT2D eigenvalue weighted by molar-refractivity contribution is 6.42.